The van der Waals surface area contributed by atoms with Crippen LogP contribution in [0.4, 0.5) is 11.8 Å². The predicted octanol–water partition coefficient (Wildman–Crippen LogP) is 2.69. The third-order valence-electron chi connectivity index (χ3n) is 3.19. The Morgan fingerprint density at radius 2 is 1.90 bits per heavy atom. The van der Waals surface area contributed by atoms with Crippen LogP contribution in [0.2, 0.25) is 0 Å². The van der Waals surface area contributed by atoms with Crippen LogP contribution in [-0.2, 0) is 4.74 Å². The highest BCUT2D eigenvalue weighted by Crippen LogP contribution is 2.30. The van der Waals surface area contributed by atoms with E-state index in [0.29, 0.717) is 5.95 Å². The van der Waals surface area contributed by atoms with Crippen LogP contribution in [0.1, 0.15) is 41.0 Å². The van der Waals surface area contributed by atoms with Gasteiger partial charge in [-0.25, -0.2) is 4.98 Å². The third kappa shape index (κ3) is 3.82. The number of rotatable bonds is 4. The van der Waals surface area contributed by atoms with E-state index in [2.05, 4.69) is 54.8 Å². The Bertz CT molecular complexity index is 443. The van der Waals surface area contributed by atoms with E-state index in [1.54, 1.807) is 0 Å². The van der Waals surface area contributed by atoms with Crippen molar-refractivity contribution >= 4 is 11.8 Å². The van der Waals surface area contributed by atoms with Crippen LogP contribution in [0.15, 0.2) is 12.3 Å². The van der Waals surface area contributed by atoms with Crippen molar-refractivity contribution in [3.05, 3.63) is 12.3 Å². The van der Waals surface area contributed by atoms with Gasteiger partial charge in [-0.2, -0.15) is 4.98 Å². The molecule has 2 rings (SSSR count). The fourth-order valence-electron chi connectivity index (χ4n) is 2.80. The first kappa shape index (κ1) is 15.0. The van der Waals surface area contributed by atoms with Crippen molar-refractivity contribution in [2.45, 2.75) is 52.2 Å². The Kier molecular flexibility index (Phi) is 4.18. The zero-order valence-corrected chi connectivity index (χ0v) is 13.2. The molecule has 1 N–H and O–H groups in total. The second kappa shape index (κ2) is 5.56. The summed E-state index contributed by atoms with van der Waals surface area (Å²) in [5, 5.41) is 3.24. The Morgan fingerprint density at radius 1 is 1.25 bits per heavy atom. The SMILES string of the molecule is CCCNc1nccc(N2CC(C)(C)OC(C)(C)C2)n1. The highest BCUT2D eigenvalue weighted by molar-refractivity contribution is 5.44. The number of anilines is 2. The second-order valence-electron chi connectivity index (χ2n) is 6.64. The van der Waals surface area contributed by atoms with Crippen LogP contribution in [0, 0.1) is 0 Å². The largest absolute Gasteiger partial charge is 0.366 e. The standard InChI is InChI=1S/C15H26N4O/c1-6-8-16-13-17-9-7-12(18-13)19-10-14(2,3)20-15(4,5)11-19/h7,9H,6,8,10-11H2,1-5H3,(H,16,17,18). The minimum absolute atomic E-state index is 0.177. The zero-order chi connectivity index (χ0) is 14.8. The Hall–Kier alpha value is -1.36. The summed E-state index contributed by atoms with van der Waals surface area (Å²) in [4.78, 5) is 11.2. The molecule has 20 heavy (non-hydrogen) atoms. The smallest absolute Gasteiger partial charge is 0.224 e. The number of hydrogen-bond donors (Lipinski definition) is 1. The van der Waals surface area contributed by atoms with Crippen molar-refractivity contribution in [1.29, 1.82) is 0 Å². The molecule has 0 aliphatic carbocycles. The van der Waals surface area contributed by atoms with E-state index in [1.807, 2.05) is 12.3 Å². The molecule has 5 heteroatoms. The van der Waals surface area contributed by atoms with Crippen molar-refractivity contribution in [2.24, 2.45) is 0 Å². The average Bonchev–Trinajstić information content (AvgIpc) is 2.33. The van der Waals surface area contributed by atoms with Crippen LogP contribution in [0.3, 0.4) is 0 Å². The van der Waals surface area contributed by atoms with E-state index in [0.717, 1.165) is 31.9 Å². The minimum atomic E-state index is -0.177. The third-order valence-corrected chi connectivity index (χ3v) is 3.19. The Labute approximate surface area is 121 Å². The van der Waals surface area contributed by atoms with Crippen LogP contribution >= 0.6 is 0 Å². The quantitative estimate of drug-likeness (QED) is 0.917. The summed E-state index contributed by atoms with van der Waals surface area (Å²) in [5.74, 6) is 1.66. The molecule has 0 spiro atoms. The van der Waals surface area contributed by atoms with Gasteiger partial charge in [-0.15, -0.1) is 0 Å². The molecule has 1 aliphatic rings. The van der Waals surface area contributed by atoms with E-state index >= 15 is 0 Å². The summed E-state index contributed by atoms with van der Waals surface area (Å²) < 4.78 is 6.11. The average molecular weight is 278 g/mol. The first-order chi connectivity index (χ1) is 9.31. The summed E-state index contributed by atoms with van der Waals surface area (Å²) in [6.07, 6.45) is 2.88. The van der Waals surface area contributed by atoms with Crippen LogP contribution in [0.5, 0.6) is 0 Å². The molecular weight excluding hydrogens is 252 g/mol. The van der Waals surface area contributed by atoms with Gasteiger partial charge in [-0.3, -0.25) is 0 Å². The van der Waals surface area contributed by atoms with Gasteiger partial charge in [0, 0.05) is 25.8 Å². The van der Waals surface area contributed by atoms with Crippen LogP contribution < -0.4 is 10.2 Å². The van der Waals surface area contributed by atoms with Gasteiger partial charge in [-0.05, 0) is 40.2 Å². The van der Waals surface area contributed by atoms with Crippen molar-refractivity contribution in [2.75, 3.05) is 29.9 Å². The van der Waals surface area contributed by atoms with E-state index in [9.17, 15) is 0 Å². The molecule has 0 unspecified atom stereocenters. The zero-order valence-electron chi connectivity index (χ0n) is 13.2. The number of hydrogen-bond acceptors (Lipinski definition) is 5. The monoisotopic (exact) mass is 278 g/mol. The summed E-state index contributed by atoms with van der Waals surface area (Å²) in [7, 11) is 0. The first-order valence-electron chi connectivity index (χ1n) is 7.33. The normalized spacial score (nSPS) is 20.8. The van der Waals surface area contributed by atoms with Gasteiger partial charge in [0.25, 0.3) is 0 Å². The van der Waals surface area contributed by atoms with Gasteiger partial charge < -0.3 is 15.0 Å². The molecular formula is C15H26N4O. The summed E-state index contributed by atoms with van der Waals surface area (Å²) in [6.45, 7) is 13.2. The molecule has 1 aliphatic heterocycles. The maximum atomic E-state index is 6.11. The molecule has 112 valence electrons. The Balaban J connectivity index is 2.18. The maximum Gasteiger partial charge on any atom is 0.224 e. The van der Waals surface area contributed by atoms with E-state index in [1.165, 1.54) is 0 Å². The minimum Gasteiger partial charge on any atom is -0.366 e. The van der Waals surface area contributed by atoms with Gasteiger partial charge in [-0.1, -0.05) is 6.92 Å². The molecule has 0 saturated carbocycles. The van der Waals surface area contributed by atoms with Gasteiger partial charge in [0.1, 0.15) is 5.82 Å². The highest BCUT2D eigenvalue weighted by Gasteiger charge is 2.38. The number of ether oxygens (including phenoxy) is 1. The summed E-state index contributed by atoms with van der Waals surface area (Å²) >= 11 is 0. The second-order valence-corrected chi connectivity index (χ2v) is 6.64. The lowest BCUT2D eigenvalue weighted by Crippen LogP contribution is -2.57. The van der Waals surface area contributed by atoms with E-state index < -0.39 is 0 Å². The van der Waals surface area contributed by atoms with Gasteiger partial charge in [0.15, 0.2) is 0 Å². The molecule has 0 bridgehead atoms. The molecule has 1 saturated heterocycles. The lowest BCUT2D eigenvalue weighted by Gasteiger charge is -2.47. The molecule has 0 radical (unpaired) electrons. The first-order valence-corrected chi connectivity index (χ1v) is 7.33. The molecule has 0 atom stereocenters. The van der Waals surface area contributed by atoms with Gasteiger partial charge in [0.05, 0.1) is 11.2 Å². The molecule has 5 nitrogen and oxygen atoms in total. The van der Waals surface area contributed by atoms with Crippen molar-refractivity contribution in [3.8, 4) is 0 Å². The molecule has 1 fully saturated rings. The van der Waals surface area contributed by atoms with E-state index in [4.69, 9.17) is 4.74 Å². The fraction of sp³-hybridized carbons (Fsp3) is 0.733. The van der Waals surface area contributed by atoms with Crippen molar-refractivity contribution < 1.29 is 4.74 Å². The molecule has 0 aromatic carbocycles. The topological polar surface area (TPSA) is 50.3 Å². The Morgan fingerprint density at radius 3 is 2.50 bits per heavy atom. The van der Waals surface area contributed by atoms with Gasteiger partial charge in [0.2, 0.25) is 5.95 Å². The van der Waals surface area contributed by atoms with Crippen molar-refractivity contribution in [1.82, 2.24) is 9.97 Å². The van der Waals surface area contributed by atoms with Crippen LogP contribution in [-0.4, -0.2) is 40.8 Å². The number of aromatic nitrogens is 2. The molecule has 0 amide bonds. The van der Waals surface area contributed by atoms with E-state index in [-0.39, 0.29) is 11.2 Å². The number of morpholine rings is 1. The number of nitrogens with zero attached hydrogens (tertiary/aromatic N) is 3. The number of nitrogens with one attached hydrogen (secondary N) is 1. The highest BCUT2D eigenvalue weighted by atomic mass is 16.5. The summed E-state index contributed by atoms with van der Waals surface area (Å²) in [6, 6.07) is 1.97. The molecule has 2 heterocycles. The molecule has 1 aromatic rings. The fourth-order valence-corrected chi connectivity index (χ4v) is 2.80. The predicted molar refractivity (Wildman–Crippen MR) is 82.3 cm³/mol. The molecule has 1 aromatic heterocycles. The lowest BCUT2D eigenvalue weighted by atomic mass is 9.99. The maximum absolute atomic E-state index is 6.11. The summed E-state index contributed by atoms with van der Waals surface area (Å²) in [5.41, 5.74) is -0.354. The van der Waals surface area contributed by atoms with Gasteiger partial charge >= 0.3 is 0 Å². The lowest BCUT2D eigenvalue weighted by molar-refractivity contribution is -0.133. The van der Waals surface area contributed by atoms with Crippen molar-refractivity contribution in [3.63, 3.8) is 0 Å². The van der Waals surface area contributed by atoms with Crippen LogP contribution in [0.25, 0.3) is 0 Å².